The highest BCUT2D eigenvalue weighted by Crippen LogP contribution is 2.45. The molecule has 2 fully saturated rings. The van der Waals surface area contributed by atoms with Gasteiger partial charge in [0, 0.05) is 37.5 Å². The van der Waals surface area contributed by atoms with E-state index in [1.807, 2.05) is 18.2 Å². The molecule has 1 N–H and O–H groups in total. The molecule has 1 saturated heterocycles. The average molecular weight is 456 g/mol. The second-order valence-electron chi connectivity index (χ2n) is 8.90. The van der Waals surface area contributed by atoms with Crippen molar-refractivity contribution in [3.8, 4) is 0 Å². The molecular weight excluding hydrogens is 429 g/mol. The van der Waals surface area contributed by atoms with Gasteiger partial charge in [-0.2, -0.15) is 0 Å². The molecule has 1 aromatic carbocycles. The third-order valence-corrected chi connectivity index (χ3v) is 6.31. The van der Waals surface area contributed by atoms with Gasteiger partial charge in [0.2, 0.25) is 0 Å². The van der Waals surface area contributed by atoms with E-state index in [4.69, 9.17) is 9.97 Å². The van der Waals surface area contributed by atoms with Crippen LogP contribution in [0.4, 0.5) is 10.2 Å². The summed E-state index contributed by atoms with van der Waals surface area (Å²) in [6.45, 7) is 3.33. The summed E-state index contributed by atoms with van der Waals surface area (Å²) in [4.78, 5) is 20.3. The number of β-amino-alcohol motifs (C(OH)–C–C–N with tert-alkyl or cyclic N) is 1. The molecule has 1 aliphatic heterocycles. The molecule has 0 bridgehead atoms. The van der Waals surface area contributed by atoms with E-state index in [0.29, 0.717) is 31.8 Å². The largest absolute Gasteiger partial charge is 0.386 e. The maximum absolute atomic E-state index is 13.3. The molecule has 1 atom stereocenters. The zero-order chi connectivity index (χ0) is 21.4. The second kappa shape index (κ2) is 9.08. The first-order valence-corrected chi connectivity index (χ1v) is 10.8. The van der Waals surface area contributed by atoms with E-state index in [0.717, 1.165) is 41.4 Å². The minimum atomic E-state index is -0.572. The fourth-order valence-electron chi connectivity index (χ4n) is 4.33. The fourth-order valence-corrected chi connectivity index (χ4v) is 4.33. The van der Waals surface area contributed by atoms with Gasteiger partial charge in [-0.1, -0.05) is 19.1 Å². The van der Waals surface area contributed by atoms with E-state index < -0.39 is 5.60 Å². The topological polar surface area (TPSA) is 75.0 Å². The number of aromatic nitrogens is 4. The lowest BCUT2D eigenvalue weighted by atomic mass is 9.89. The van der Waals surface area contributed by atoms with Gasteiger partial charge in [-0.25, -0.2) is 14.4 Å². The van der Waals surface area contributed by atoms with E-state index >= 15 is 0 Å². The van der Waals surface area contributed by atoms with Gasteiger partial charge < -0.3 is 10.0 Å². The molecule has 0 spiro atoms. The quantitative estimate of drug-likeness (QED) is 0.585. The number of benzene rings is 1. The Hall–Kier alpha value is -2.64. The first kappa shape index (κ1) is 22.6. The summed E-state index contributed by atoms with van der Waals surface area (Å²) in [5.74, 6) is 1.94. The van der Waals surface area contributed by atoms with Crippen LogP contribution in [-0.4, -0.2) is 43.7 Å². The molecule has 1 aliphatic carbocycles. The van der Waals surface area contributed by atoms with Gasteiger partial charge >= 0.3 is 0 Å². The molecule has 5 rings (SSSR count). The molecule has 8 heteroatoms. The fraction of sp³-hybridized carbons (Fsp3) is 0.417. The molecular formula is C24H27ClFN5O. The van der Waals surface area contributed by atoms with Crippen LogP contribution in [0.5, 0.6) is 0 Å². The highest BCUT2D eigenvalue weighted by atomic mass is 35.5. The Labute approximate surface area is 193 Å². The van der Waals surface area contributed by atoms with Gasteiger partial charge in [-0.3, -0.25) is 9.97 Å². The van der Waals surface area contributed by atoms with Crippen molar-refractivity contribution in [2.24, 2.45) is 5.92 Å². The highest BCUT2D eigenvalue weighted by Gasteiger charge is 2.52. The maximum Gasteiger partial charge on any atom is 0.132 e. The third-order valence-electron chi connectivity index (χ3n) is 6.31. The zero-order valence-corrected chi connectivity index (χ0v) is 18.8. The van der Waals surface area contributed by atoms with E-state index in [-0.39, 0.29) is 24.1 Å². The molecule has 6 nitrogen and oxygen atoms in total. The monoisotopic (exact) mass is 455 g/mol. The lowest BCUT2D eigenvalue weighted by molar-refractivity contribution is -0.00978. The Balaban J connectivity index is 0.00000245. The first-order chi connectivity index (χ1) is 15.0. The lowest BCUT2D eigenvalue weighted by Gasteiger charge is -2.47. The number of halogens is 2. The Morgan fingerprint density at radius 2 is 1.88 bits per heavy atom. The lowest BCUT2D eigenvalue weighted by Crippen LogP contribution is -2.63. The van der Waals surface area contributed by atoms with Crippen molar-refractivity contribution in [3.63, 3.8) is 0 Å². The van der Waals surface area contributed by atoms with Crippen LogP contribution in [0.25, 0.3) is 0 Å². The normalized spacial score (nSPS) is 17.9. The molecule has 0 radical (unpaired) electrons. The van der Waals surface area contributed by atoms with Gasteiger partial charge in [0.15, 0.2) is 0 Å². The summed E-state index contributed by atoms with van der Waals surface area (Å²) in [7, 11) is 0. The SMILES string of the molecule is C[C@H](Cc1nc(Cc2cnccn2)cc(N2CC(O)(C3CC3)C2)n1)c1ccc(F)cc1.Cl. The Bertz CT molecular complexity index is 1060. The molecule has 2 aromatic heterocycles. The summed E-state index contributed by atoms with van der Waals surface area (Å²) < 4.78 is 13.3. The van der Waals surface area contributed by atoms with Gasteiger partial charge in [0.25, 0.3) is 0 Å². The minimum absolute atomic E-state index is 0. The standard InChI is InChI=1S/C24H26FN5O.ClH/c1-16(17-2-6-19(25)7-3-17)10-22-28-20(11-21-13-26-8-9-27-21)12-23(29-22)30-14-24(31,15-30)18-4-5-18;/h2-3,6-9,12-13,16,18,31H,4-5,10-11,14-15H2,1H3;1H/t16-;/m1./s1. The van der Waals surface area contributed by atoms with E-state index in [1.54, 1.807) is 18.6 Å². The predicted molar refractivity (Wildman–Crippen MR) is 123 cm³/mol. The second-order valence-corrected chi connectivity index (χ2v) is 8.90. The van der Waals surface area contributed by atoms with Crippen molar-refractivity contribution in [2.75, 3.05) is 18.0 Å². The van der Waals surface area contributed by atoms with Gasteiger partial charge in [0.1, 0.15) is 23.1 Å². The summed E-state index contributed by atoms with van der Waals surface area (Å²) in [5.41, 5.74) is 2.21. The molecule has 3 aromatic rings. The summed E-state index contributed by atoms with van der Waals surface area (Å²) in [6.07, 6.45) is 8.54. The van der Waals surface area contributed by atoms with Crippen LogP contribution >= 0.6 is 12.4 Å². The molecule has 3 heterocycles. The Kier molecular flexibility index (Phi) is 6.40. The van der Waals surface area contributed by atoms with Crippen LogP contribution in [-0.2, 0) is 12.8 Å². The Morgan fingerprint density at radius 1 is 1.12 bits per heavy atom. The van der Waals surface area contributed by atoms with Crippen molar-refractivity contribution in [3.05, 3.63) is 77.5 Å². The number of anilines is 1. The number of hydrogen-bond donors (Lipinski definition) is 1. The zero-order valence-electron chi connectivity index (χ0n) is 18.0. The first-order valence-electron chi connectivity index (χ1n) is 10.8. The Morgan fingerprint density at radius 3 is 2.53 bits per heavy atom. The number of rotatable bonds is 7. The minimum Gasteiger partial charge on any atom is -0.386 e. The van der Waals surface area contributed by atoms with Crippen molar-refractivity contribution in [2.45, 2.75) is 44.1 Å². The van der Waals surface area contributed by atoms with Crippen LogP contribution in [0.15, 0.2) is 48.9 Å². The van der Waals surface area contributed by atoms with Crippen LogP contribution in [0.1, 0.15) is 48.5 Å². The summed E-state index contributed by atoms with van der Waals surface area (Å²) >= 11 is 0. The molecule has 2 aliphatic rings. The smallest absolute Gasteiger partial charge is 0.132 e. The molecule has 168 valence electrons. The average Bonchev–Trinajstić information content (AvgIpc) is 3.58. The number of hydrogen-bond acceptors (Lipinski definition) is 6. The molecule has 0 unspecified atom stereocenters. The van der Waals surface area contributed by atoms with Crippen molar-refractivity contribution in [1.29, 1.82) is 0 Å². The van der Waals surface area contributed by atoms with Gasteiger partial charge in [-0.05, 0) is 42.4 Å². The van der Waals surface area contributed by atoms with Gasteiger partial charge in [-0.15, -0.1) is 12.4 Å². The van der Waals surface area contributed by atoms with E-state index in [9.17, 15) is 9.50 Å². The summed E-state index contributed by atoms with van der Waals surface area (Å²) in [6, 6.07) is 8.60. The summed E-state index contributed by atoms with van der Waals surface area (Å²) in [5, 5.41) is 10.7. The van der Waals surface area contributed by atoms with Crippen LogP contribution < -0.4 is 4.90 Å². The predicted octanol–water partition coefficient (Wildman–Crippen LogP) is 3.73. The van der Waals surface area contributed by atoms with Crippen LogP contribution in [0.3, 0.4) is 0 Å². The van der Waals surface area contributed by atoms with Crippen LogP contribution in [0.2, 0.25) is 0 Å². The van der Waals surface area contributed by atoms with Crippen LogP contribution in [0, 0.1) is 11.7 Å². The van der Waals surface area contributed by atoms with E-state index in [2.05, 4.69) is 21.8 Å². The molecule has 32 heavy (non-hydrogen) atoms. The van der Waals surface area contributed by atoms with Crippen molar-refractivity contribution in [1.82, 2.24) is 19.9 Å². The van der Waals surface area contributed by atoms with Gasteiger partial charge in [0.05, 0.1) is 24.5 Å². The number of aliphatic hydroxyl groups is 1. The molecule has 0 amide bonds. The van der Waals surface area contributed by atoms with E-state index in [1.165, 1.54) is 12.1 Å². The molecule has 1 saturated carbocycles. The van der Waals surface area contributed by atoms with Crippen molar-refractivity contribution >= 4 is 18.2 Å². The van der Waals surface area contributed by atoms with Crippen molar-refractivity contribution < 1.29 is 9.50 Å². The third kappa shape index (κ3) is 4.89. The number of nitrogens with zero attached hydrogens (tertiary/aromatic N) is 5. The maximum atomic E-state index is 13.3. The highest BCUT2D eigenvalue weighted by molar-refractivity contribution is 5.85.